The second kappa shape index (κ2) is 5.19. The first-order valence-corrected chi connectivity index (χ1v) is 6.62. The molecule has 4 nitrogen and oxygen atoms in total. The van der Waals surface area contributed by atoms with Gasteiger partial charge < -0.3 is 13.8 Å². The monoisotopic (exact) mass is 230 g/mol. The van der Waals surface area contributed by atoms with E-state index in [1.54, 1.807) is 38.3 Å². The van der Waals surface area contributed by atoms with Gasteiger partial charge in [0.1, 0.15) is 11.5 Å². The van der Waals surface area contributed by atoms with Gasteiger partial charge in [-0.15, -0.1) is 0 Å². The van der Waals surface area contributed by atoms with Crippen LogP contribution in [0.1, 0.15) is 6.92 Å². The molecule has 0 fully saturated rings. The Morgan fingerprint density at radius 2 is 1.73 bits per heavy atom. The number of ether oxygens (including phenoxy) is 1. The average molecular weight is 230 g/mol. The maximum absolute atomic E-state index is 11.7. The molecular weight excluding hydrogens is 215 g/mol. The van der Waals surface area contributed by atoms with Crippen LogP contribution in [0.4, 0.5) is 0 Å². The lowest BCUT2D eigenvalue weighted by Crippen LogP contribution is -1.96. The van der Waals surface area contributed by atoms with Crippen molar-refractivity contribution in [3.8, 4) is 11.5 Å². The Hall–Kier alpha value is -0.990. The molecule has 0 aromatic heterocycles. The number of hydrogen-bond donors (Lipinski definition) is 0. The largest absolute Gasteiger partial charge is 0.497 e. The molecule has 1 unspecified atom stereocenters. The van der Waals surface area contributed by atoms with E-state index in [2.05, 4.69) is 0 Å². The summed E-state index contributed by atoms with van der Waals surface area (Å²) in [6.45, 7) is 3.58. The summed E-state index contributed by atoms with van der Waals surface area (Å²) in [5.74, 6) is 1.24. The Morgan fingerprint density at radius 1 is 1.20 bits per heavy atom. The molecule has 5 heteroatoms. The lowest BCUT2D eigenvalue weighted by Gasteiger charge is -2.14. The fourth-order valence-corrected chi connectivity index (χ4v) is 2.12. The van der Waals surface area contributed by atoms with Crippen molar-refractivity contribution in [2.24, 2.45) is 0 Å². The first-order valence-electron chi connectivity index (χ1n) is 4.63. The molecule has 1 atom stereocenters. The molecule has 0 aliphatic rings. The van der Waals surface area contributed by atoms with Crippen molar-refractivity contribution in [1.82, 2.24) is 0 Å². The van der Waals surface area contributed by atoms with E-state index < -0.39 is 7.60 Å². The van der Waals surface area contributed by atoms with Gasteiger partial charge >= 0.3 is 7.60 Å². The highest BCUT2D eigenvalue weighted by molar-refractivity contribution is 7.53. The molecule has 0 bridgehead atoms. The van der Waals surface area contributed by atoms with Gasteiger partial charge in [-0.25, -0.2) is 4.57 Å². The third kappa shape index (κ3) is 3.94. The SMILES string of the molecule is CCOP(C)(=O)Oc1ccc(OC)cc1. The topological polar surface area (TPSA) is 44.8 Å². The molecule has 0 amide bonds. The number of hydrogen-bond acceptors (Lipinski definition) is 4. The summed E-state index contributed by atoms with van der Waals surface area (Å²) in [5.41, 5.74) is 0. The number of methoxy groups -OCH3 is 1. The highest BCUT2D eigenvalue weighted by atomic mass is 31.2. The molecule has 0 spiro atoms. The highest BCUT2D eigenvalue weighted by Crippen LogP contribution is 2.44. The number of rotatable bonds is 5. The lowest BCUT2D eigenvalue weighted by atomic mass is 10.3. The minimum absolute atomic E-state index is 0.365. The summed E-state index contributed by atoms with van der Waals surface area (Å²) in [6, 6.07) is 6.85. The van der Waals surface area contributed by atoms with Gasteiger partial charge in [0.25, 0.3) is 0 Å². The lowest BCUT2D eigenvalue weighted by molar-refractivity contribution is 0.284. The Balaban J connectivity index is 2.68. The molecular formula is C10H15O4P. The van der Waals surface area contributed by atoms with Crippen LogP contribution in [0.5, 0.6) is 11.5 Å². The smallest absolute Gasteiger partial charge is 0.376 e. The average Bonchev–Trinajstić information content (AvgIpc) is 2.18. The molecule has 0 aliphatic carbocycles. The van der Waals surface area contributed by atoms with E-state index in [1.165, 1.54) is 6.66 Å². The Labute approximate surface area is 89.7 Å². The molecule has 1 rings (SSSR count). The van der Waals surface area contributed by atoms with Crippen LogP contribution in [0.2, 0.25) is 0 Å². The molecule has 0 aliphatic heterocycles. The molecule has 15 heavy (non-hydrogen) atoms. The van der Waals surface area contributed by atoms with E-state index in [4.69, 9.17) is 13.8 Å². The van der Waals surface area contributed by atoms with Gasteiger partial charge in [-0.2, -0.15) is 0 Å². The summed E-state index contributed by atoms with van der Waals surface area (Å²) >= 11 is 0. The molecule has 0 N–H and O–H groups in total. The maximum Gasteiger partial charge on any atom is 0.376 e. The minimum atomic E-state index is -2.98. The molecule has 0 radical (unpaired) electrons. The summed E-state index contributed by atoms with van der Waals surface area (Å²) in [7, 11) is -1.39. The third-order valence-corrected chi connectivity index (χ3v) is 2.96. The Bertz CT molecular complexity index is 347. The van der Waals surface area contributed by atoms with Gasteiger partial charge in [-0.05, 0) is 31.2 Å². The molecule has 1 aromatic rings. The van der Waals surface area contributed by atoms with E-state index in [-0.39, 0.29) is 0 Å². The third-order valence-electron chi connectivity index (χ3n) is 1.69. The van der Waals surface area contributed by atoms with Crippen LogP contribution in [0.25, 0.3) is 0 Å². The van der Waals surface area contributed by atoms with Crippen LogP contribution in [0.3, 0.4) is 0 Å². The predicted molar refractivity (Wildman–Crippen MR) is 58.8 cm³/mol. The second-order valence-corrected chi connectivity index (χ2v) is 4.94. The van der Waals surface area contributed by atoms with Crippen LogP contribution < -0.4 is 9.26 Å². The van der Waals surface area contributed by atoms with Crippen LogP contribution in [-0.4, -0.2) is 20.4 Å². The first-order chi connectivity index (χ1) is 7.07. The van der Waals surface area contributed by atoms with Crippen molar-refractivity contribution in [3.05, 3.63) is 24.3 Å². The molecule has 0 heterocycles. The zero-order valence-electron chi connectivity index (χ0n) is 9.10. The van der Waals surface area contributed by atoms with E-state index in [9.17, 15) is 4.57 Å². The highest BCUT2D eigenvalue weighted by Gasteiger charge is 2.17. The fourth-order valence-electron chi connectivity index (χ4n) is 1.09. The first kappa shape index (κ1) is 12.1. The van der Waals surface area contributed by atoms with E-state index >= 15 is 0 Å². The van der Waals surface area contributed by atoms with Gasteiger partial charge in [-0.1, -0.05) is 0 Å². The summed E-state index contributed by atoms with van der Waals surface area (Å²) in [5, 5.41) is 0. The van der Waals surface area contributed by atoms with Gasteiger partial charge in [0, 0.05) is 6.66 Å². The normalized spacial score (nSPS) is 14.3. The summed E-state index contributed by atoms with van der Waals surface area (Å²) in [6.07, 6.45) is 0. The van der Waals surface area contributed by atoms with Crippen LogP contribution >= 0.6 is 7.60 Å². The van der Waals surface area contributed by atoms with Crippen molar-refractivity contribution in [1.29, 1.82) is 0 Å². The zero-order valence-corrected chi connectivity index (χ0v) is 9.99. The molecule has 1 aromatic carbocycles. The van der Waals surface area contributed by atoms with Crippen molar-refractivity contribution in [2.45, 2.75) is 6.92 Å². The molecule has 0 saturated heterocycles. The summed E-state index contributed by atoms with van der Waals surface area (Å²) < 4.78 is 26.9. The van der Waals surface area contributed by atoms with Crippen molar-refractivity contribution >= 4 is 7.60 Å². The van der Waals surface area contributed by atoms with Gasteiger partial charge in [-0.3, -0.25) is 0 Å². The predicted octanol–water partition coefficient (Wildman–Crippen LogP) is 2.93. The molecule has 0 saturated carbocycles. The van der Waals surface area contributed by atoms with Crippen molar-refractivity contribution in [3.63, 3.8) is 0 Å². The summed E-state index contributed by atoms with van der Waals surface area (Å²) in [4.78, 5) is 0. The van der Waals surface area contributed by atoms with E-state index in [1.807, 2.05) is 0 Å². The maximum atomic E-state index is 11.7. The zero-order chi connectivity index (χ0) is 11.3. The minimum Gasteiger partial charge on any atom is -0.497 e. The van der Waals surface area contributed by atoms with Crippen LogP contribution in [-0.2, 0) is 9.09 Å². The van der Waals surface area contributed by atoms with Crippen LogP contribution in [0, 0.1) is 0 Å². The number of benzene rings is 1. The van der Waals surface area contributed by atoms with E-state index in [0.717, 1.165) is 5.75 Å². The molecule has 84 valence electrons. The van der Waals surface area contributed by atoms with E-state index in [0.29, 0.717) is 12.4 Å². The van der Waals surface area contributed by atoms with Gasteiger partial charge in [0.15, 0.2) is 0 Å². The standard InChI is InChI=1S/C10H15O4P/c1-4-13-15(3,11)14-10-7-5-9(12-2)6-8-10/h5-8H,4H2,1-3H3. The van der Waals surface area contributed by atoms with Gasteiger partial charge in [0.05, 0.1) is 13.7 Å². The fraction of sp³-hybridized carbons (Fsp3) is 0.400. The van der Waals surface area contributed by atoms with Crippen molar-refractivity contribution < 1.29 is 18.3 Å². The quantitative estimate of drug-likeness (QED) is 0.729. The Kier molecular flexibility index (Phi) is 4.18. The second-order valence-electron chi connectivity index (χ2n) is 2.96. The van der Waals surface area contributed by atoms with Crippen molar-refractivity contribution in [2.75, 3.05) is 20.4 Å². The Morgan fingerprint density at radius 3 is 2.20 bits per heavy atom. The van der Waals surface area contributed by atoms with Crippen LogP contribution in [0.15, 0.2) is 24.3 Å². The van der Waals surface area contributed by atoms with Gasteiger partial charge in [0.2, 0.25) is 0 Å².